The number of carbonyl (C=O) groups is 2. The van der Waals surface area contributed by atoms with Crippen LogP contribution >= 0.6 is 0 Å². The highest BCUT2D eigenvalue weighted by Crippen LogP contribution is 2.38. The Bertz CT molecular complexity index is 792. The Morgan fingerprint density at radius 1 is 0.960 bits per heavy atom. The van der Waals surface area contributed by atoms with E-state index in [0.29, 0.717) is 6.67 Å². The molecule has 1 saturated heterocycles. The van der Waals surface area contributed by atoms with Gasteiger partial charge in [0.05, 0.1) is 18.5 Å². The summed E-state index contributed by atoms with van der Waals surface area (Å²) in [6.07, 6.45) is 3.89. The Morgan fingerprint density at radius 2 is 1.60 bits per heavy atom. The molecule has 130 valence electrons. The lowest BCUT2D eigenvalue weighted by Crippen LogP contribution is -2.40. The van der Waals surface area contributed by atoms with E-state index in [1.165, 1.54) is 21.2 Å². The zero-order valence-electron chi connectivity index (χ0n) is 14.6. The van der Waals surface area contributed by atoms with Gasteiger partial charge in [0.25, 0.3) is 0 Å². The molecular formula is C21H24N2O2. The summed E-state index contributed by atoms with van der Waals surface area (Å²) in [4.78, 5) is 28.7. The maximum Gasteiger partial charge on any atom is 0.234 e. The molecule has 2 aliphatic rings. The van der Waals surface area contributed by atoms with Crippen LogP contribution in [0.15, 0.2) is 42.5 Å². The lowest BCUT2D eigenvalue weighted by Gasteiger charge is -2.23. The second-order valence-electron chi connectivity index (χ2n) is 7.44. The zero-order valence-corrected chi connectivity index (χ0v) is 14.6. The van der Waals surface area contributed by atoms with Gasteiger partial charge in [-0.05, 0) is 42.3 Å². The lowest BCUT2D eigenvalue weighted by molar-refractivity contribution is -0.142. The summed E-state index contributed by atoms with van der Waals surface area (Å²) >= 11 is 0. The van der Waals surface area contributed by atoms with Crippen LogP contribution in [0.5, 0.6) is 0 Å². The Kier molecular flexibility index (Phi) is 4.30. The third-order valence-electron chi connectivity index (χ3n) is 5.58. The van der Waals surface area contributed by atoms with E-state index in [9.17, 15) is 9.59 Å². The van der Waals surface area contributed by atoms with Gasteiger partial charge in [-0.2, -0.15) is 0 Å². The van der Waals surface area contributed by atoms with Crippen LogP contribution in [0.2, 0.25) is 0 Å². The van der Waals surface area contributed by atoms with Crippen LogP contribution in [-0.2, 0) is 16.1 Å². The predicted molar refractivity (Wildman–Crippen MR) is 97.6 cm³/mol. The number of amides is 2. The van der Waals surface area contributed by atoms with Gasteiger partial charge >= 0.3 is 0 Å². The summed E-state index contributed by atoms with van der Waals surface area (Å²) in [6.45, 7) is 1.11. The molecule has 4 rings (SSSR count). The van der Waals surface area contributed by atoms with Crippen LogP contribution in [0.1, 0.15) is 31.2 Å². The van der Waals surface area contributed by atoms with E-state index in [1.54, 1.807) is 0 Å². The summed E-state index contributed by atoms with van der Waals surface area (Å²) < 4.78 is 0. The van der Waals surface area contributed by atoms with E-state index in [4.69, 9.17) is 0 Å². The Labute approximate surface area is 148 Å². The first-order valence-corrected chi connectivity index (χ1v) is 9.15. The molecule has 1 aliphatic heterocycles. The van der Waals surface area contributed by atoms with Crippen LogP contribution in [0.25, 0.3) is 10.8 Å². The van der Waals surface area contributed by atoms with Crippen molar-refractivity contribution in [3.05, 3.63) is 48.0 Å². The second-order valence-corrected chi connectivity index (χ2v) is 7.44. The standard InChI is InChI=1S/C21H24N2O2/c1-22(13-15-10-11-16-6-2-3-7-17(16)12-15)14-23-20(24)18-8-4-5-9-19(18)21(23)25/h2-3,6-7,10-12,18-19H,4-5,8-9,13-14H2,1H3. The number of nitrogens with zero attached hydrogens (tertiary/aromatic N) is 2. The molecule has 25 heavy (non-hydrogen) atoms. The van der Waals surface area contributed by atoms with E-state index in [0.717, 1.165) is 32.2 Å². The van der Waals surface area contributed by atoms with Crippen molar-refractivity contribution in [3.8, 4) is 0 Å². The zero-order chi connectivity index (χ0) is 17.4. The molecule has 2 unspecified atom stereocenters. The number of rotatable bonds is 4. The van der Waals surface area contributed by atoms with Gasteiger partial charge in [0, 0.05) is 6.54 Å². The number of carbonyl (C=O) groups excluding carboxylic acids is 2. The highest BCUT2D eigenvalue weighted by molar-refractivity contribution is 6.05. The van der Waals surface area contributed by atoms with E-state index in [-0.39, 0.29) is 23.7 Å². The summed E-state index contributed by atoms with van der Waals surface area (Å²) in [6, 6.07) is 14.7. The molecule has 0 radical (unpaired) electrons. The van der Waals surface area contributed by atoms with Gasteiger partial charge in [-0.15, -0.1) is 0 Å². The molecule has 2 atom stereocenters. The Hall–Kier alpha value is -2.20. The van der Waals surface area contributed by atoms with Crippen molar-refractivity contribution in [2.24, 2.45) is 11.8 Å². The van der Waals surface area contributed by atoms with Gasteiger partial charge in [-0.1, -0.05) is 49.2 Å². The molecule has 2 amide bonds. The molecule has 4 heteroatoms. The monoisotopic (exact) mass is 336 g/mol. The number of imide groups is 1. The fourth-order valence-corrected chi connectivity index (χ4v) is 4.31. The molecule has 2 aromatic carbocycles. The molecule has 2 aromatic rings. The van der Waals surface area contributed by atoms with E-state index in [2.05, 4.69) is 35.2 Å². The average Bonchev–Trinajstić information content (AvgIpc) is 2.87. The minimum Gasteiger partial charge on any atom is -0.284 e. The van der Waals surface area contributed by atoms with Crippen LogP contribution in [0.3, 0.4) is 0 Å². The van der Waals surface area contributed by atoms with Crippen LogP contribution in [0.4, 0.5) is 0 Å². The molecule has 1 aliphatic carbocycles. The van der Waals surface area contributed by atoms with Crippen molar-refractivity contribution in [1.29, 1.82) is 0 Å². The molecular weight excluding hydrogens is 312 g/mol. The summed E-state index contributed by atoms with van der Waals surface area (Å²) in [5.41, 5.74) is 1.19. The van der Waals surface area contributed by atoms with Gasteiger partial charge in [-0.25, -0.2) is 0 Å². The largest absolute Gasteiger partial charge is 0.284 e. The van der Waals surface area contributed by atoms with Crippen molar-refractivity contribution >= 4 is 22.6 Å². The minimum atomic E-state index is -0.0599. The van der Waals surface area contributed by atoms with Crippen molar-refractivity contribution in [3.63, 3.8) is 0 Å². The second kappa shape index (κ2) is 6.60. The van der Waals surface area contributed by atoms with Crippen molar-refractivity contribution in [2.75, 3.05) is 13.7 Å². The van der Waals surface area contributed by atoms with Crippen molar-refractivity contribution in [1.82, 2.24) is 9.80 Å². The molecule has 2 fully saturated rings. The quantitative estimate of drug-likeness (QED) is 0.804. The first-order valence-electron chi connectivity index (χ1n) is 9.15. The average molecular weight is 336 g/mol. The SMILES string of the molecule is CN(Cc1ccc2ccccc2c1)CN1C(=O)C2CCCCC2C1=O. The topological polar surface area (TPSA) is 40.6 Å². The molecule has 1 saturated carbocycles. The van der Waals surface area contributed by atoms with E-state index >= 15 is 0 Å². The lowest BCUT2D eigenvalue weighted by atomic mass is 9.81. The van der Waals surface area contributed by atoms with Crippen molar-refractivity contribution < 1.29 is 9.59 Å². The maximum absolute atomic E-state index is 12.6. The highest BCUT2D eigenvalue weighted by atomic mass is 16.2. The number of hydrogen-bond donors (Lipinski definition) is 0. The van der Waals surface area contributed by atoms with Crippen LogP contribution in [-0.4, -0.2) is 35.3 Å². The van der Waals surface area contributed by atoms with Gasteiger partial charge in [0.2, 0.25) is 11.8 Å². The third-order valence-corrected chi connectivity index (χ3v) is 5.58. The normalized spacial score (nSPS) is 23.5. The highest BCUT2D eigenvalue weighted by Gasteiger charge is 2.48. The number of fused-ring (bicyclic) bond motifs is 2. The minimum absolute atomic E-state index is 0.0417. The first kappa shape index (κ1) is 16.3. The molecule has 0 bridgehead atoms. The van der Waals surface area contributed by atoms with Gasteiger partial charge in [0.15, 0.2) is 0 Å². The van der Waals surface area contributed by atoms with Crippen LogP contribution in [0, 0.1) is 11.8 Å². The summed E-state index contributed by atoms with van der Waals surface area (Å²) in [5, 5.41) is 2.44. The molecule has 4 nitrogen and oxygen atoms in total. The van der Waals surface area contributed by atoms with Gasteiger partial charge < -0.3 is 0 Å². The molecule has 0 N–H and O–H groups in total. The molecule has 0 spiro atoms. The summed E-state index contributed by atoms with van der Waals surface area (Å²) in [5.74, 6) is -0.0363. The molecule has 0 aromatic heterocycles. The fraction of sp³-hybridized carbons (Fsp3) is 0.429. The summed E-state index contributed by atoms with van der Waals surface area (Å²) in [7, 11) is 1.97. The fourth-order valence-electron chi connectivity index (χ4n) is 4.31. The van der Waals surface area contributed by atoms with Crippen LogP contribution < -0.4 is 0 Å². The third kappa shape index (κ3) is 3.07. The first-order chi connectivity index (χ1) is 12.1. The van der Waals surface area contributed by atoms with E-state index < -0.39 is 0 Å². The van der Waals surface area contributed by atoms with Gasteiger partial charge in [-0.3, -0.25) is 19.4 Å². The van der Waals surface area contributed by atoms with E-state index in [1.807, 2.05) is 19.2 Å². The number of likely N-dealkylation sites (tertiary alicyclic amines) is 1. The maximum atomic E-state index is 12.6. The number of benzene rings is 2. The smallest absolute Gasteiger partial charge is 0.234 e. The van der Waals surface area contributed by atoms with Gasteiger partial charge in [0.1, 0.15) is 0 Å². The predicted octanol–water partition coefficient (Wildman–Crippen LogP) is 3.40. The Balaban J connectivity index is 1.45. The van der Waals surface area contributed by atoms with Crippen molar-refractivity contribution in [2.45, 2.75) is 32.2 Å². The number of hydrogen-bond acceptors (Lipinski definition) is 3. The molecule has 1 heterocycles. The Morgan fingerprint density at radius 3 is 2.28 bits per heavy atom.